The number of amides is 2. The van der Waals surface area contributed by atoms with Crippen LogP contribution in [0.15, 0.2) is 66.7 Å². The van der Waals surface area contributed by atoms with Gasteiger partial charge in [0, 0.05) is 56.8 Å². The summed E-state index contributed by atoms with van der Waals surface area (Å²) in [5, 5.41) is 3.27. The van der Waals surface area contributed by atoms with Gasteiger partial charge >= 0.3 is 0 Å². The molecule has 1 heterocycles. The molecule has 3 fully saturated rings. The Morgan fingerprint density at radius 1 is 0.860 bits per heavy atom. The predicted molar refractivity (Wildman–Crippen MR) is 170 cm³/mol. The Morgan fingerprint density at radius 3 is 2.26 bits per heavy atom. The summed E-state index contributed by atoms with van der Waals surface area (Å²) in [5.41, 5.74) is 11.8. The molecule has 0 bridgehead atoms. The minimum absolute atomic E-state index is 0.0821. The van der Waals surface area contributed by atoms with Gasteiger partial charge in [0.2, 0.25) is 11.8 Å². The maximum Gasteiger partial charge on any atom is 0.227 e. The minimum Gasteiger partial charge on any atom is -0.368 e. The SMILES string of the molecule is NCCCN(Cc1cccc(-c2ccc(N3CCN(c4ccc(F)cc4)CC3)c(NC(=O)C3CCC3)c2)c1)C(=O)C1CC1. The van der Waals surface area contributed by atoms with Crippen LogP contribution in [0.1, 0.15) is 44.1 Å². The molecule has 0 spiro atoms. The number of carbonyl (C=O) groups excluding carboxylic acids is 2. The summed E-state index contributed by atoms with van der Waals surface area (Å²) < 4.78 is 13.4. The van der Waals surface area contributed by atoms with Crippen LogP contribution in [-0.4, -0.2) is 56.0 Å². The van der Waals surface area contributed by atoms with Crippen LogP contribution in [0, 0.1) is 17.7 Å². The van der Waals surface area contributed by atoms with Gasteiger partial charge in [-0.05, 0) is 97.8 Å². The normalized spacial score (nSPS) is 17.0. The summed E-state index contributed by atoms with van der Waals surface area (Å²) in [6, 6.07) is 21.4. The number of hydrogen-bond donors (Lipinski definition) is 2. The maximum absolute atomic E-state index is 13.4. The van der Waals surface area contributed by atoms with E-state index in [0.29, 0.717) is 19.6 Å². The Morgan fingerprint density at radius 2 is 1.58 bits per heavy atom. The molecular weight excluding hydrogens is 541 g/mol. The van der Waals surface area contributed by atoms with Gasteiger partial charge in [-0.15, -0.1) is 0 Å². The molecule has 0 unspecified atom stereocenters. The Balaban J connectivity index is 1.22. The monoisotopic (exact) mass is 583 g/mol. The van der Waals surface area contributed by atoms with Crippen molar-refractivity contribution in [2.24, 2.45) is 17.6 Å². The molecule has 3 aliphatic rings. The first kappa shape index (κ1) is 29.2. The van der Waals surface area contributed by atoms with E-state index >= 15 is 0 Å². The van der Waals surface area contributed by atoms with Gasteiger partial charge in [0.15, 0.2) is 0 Å². The second-order valence-corrected chi connectivity index (χ2v) is 12.2. The van der Waals surface area contributed by atoms with Crippen molar-refractivity contribution in [2.75, 3.05) is 54.4 Å². The molecule has 6 rings (SSSR count). The van der Waals surface area contributed by atoms with Crippen LogP contribution < -0.4 is 20.9 Å². The summed E-state index contributed by atoms with van der Waals surface area (Å²) in [6.45, 7) is 5.04. The van der Waals surface area contributed by atoms with Crippen LogP contribution in [0.25, 0.3) is 11.1 Å². The highest BCUT2D eigenvalue weighted by atomic mass is 19.1. The lowest BCUT2D eigenvalue weighted by atomic mass is 9.85. The molecular formula is C35H42FN5O2. The van der Waals surface area contributed by atoms with E-state index in [1.54, 1.807) is 0 Å². The molecule has 1 aliphatic heterocycles. The quantitative estimate of drug-likeness (QED) is 0.305. The van der Waals surface area contributed by atoms with Crippen molar-refractivity contribution in [1.82, 2.24) is 4.90 Å². The average Bonchev–Trinajstić information content (AvgIpc) is 3.85. The highest BCUT2D eigenvalue weighted by molar-refractivity contribution is 5.97. The zero-order valence-corrected chi connectivity index (χ0v) is 24.8. The van der Waals surface area contributed by atoms with Crippen molar-refractivity contribution >= 4 is 28.9 Å². The van der Waals surface area contributed by atoms with Crippen LogP contribution in [0.5, 0.6) is 0 Å². The minimum atomic E-state index is -0.226. The van der Waals surface area contributed by atoms with Crippen molar-refractivity contribution in [3.8, 4) is 11.1 Å². The molecule has 0 radical (unpaired) electrons. The van der Waals surface area contributed by atoms with E-state index in [0.717, 1.165) is 98.5 Å². The third kappa shape index (κ3) is 7.02. The average molecular weight is 584 g/mol. The number of nitrogens with one attached hydrogen (secondary N) is 1. The molecule has 43 heavy (non-hydrogen) atoms. The Bertz CT molecular complexity index is 1430. The molecule has 8 heteroatoms. The standard InChI is InChI=1S/C35H42FN5O2/c36-30-11-13-31(14-12-30)39-18-20-40(21-19-39)33-15-10-29(23-32(33)38-34(42)26-5-2-6-26)28-7-1-4-25(22-28)24-41(17-3-16-37)35(43)27-8-9-27/h1,4,7,10-15,22-23,26-27H,2-3,5-6,8-9,16-21,24,37H2,(H,38,42). The van der Waals surface area contributed by atoms with Crippen molar-refractivity contribution in [1.29, 1.82) is 0 Å². The number of anilines is 3. The summed E-state index contributed by atoms with van der Waals surface area (Å²) in [5.74, 6) is 0.364. The van der Waals surface area contributed by atoms with Gasteiger partial charge in [-0.3, -0.25) is 9.59 Å². The van der Waals surface area contributed by atoms with E-state index in [4.69, 9.17) is 5.73 Å². The van der Waals surface area contributed by atoms with E-state index in [9.17, 15) is 14.0 Å². The molecule has 0 atom stereocenters. The number of rotatable bonds is 11. The van der Waals surface area contributed by atoms with Crippen LogP contribution >= 0.6 is 0 Å². The van der Waals surface area contributed by atoms with E-state index in [1.807, 2.05) is 23.1 Å². The Labute approximate surface area is 253 Å². The number of benzene rings is 3. The van der Waals surface area contributed by atoms with Crippen LogP contribution in [-0.2, 0) is 16.1 Å². The first-order valence-corrected chi connectivity index (χ1v) is 15.8. The highest BCUT2D eigenvalue weighted by Gasteiger charge is 2.33. The zero-order valence-electron chi connectivity index (χ0n) is 24.8. The lowest BCUT2D eigenvalue weighted by molar-refractivity contribution is -0.133. The van der Waals surface area contributed by atoms with Crippen LogP contribution in [0.3, 0.4) is 0 Å². The lowest BCUT2D eigenvalue weighted by Crippen LogP contribution is -2.46. The van der Waals surface area contributed by atoms with Gasteiger partial charge in [-0.2, -0.15) is 0 Å². The van der Waals surface area contributed by atoms with Crippen molar-refractivity contribution in [2.45, 2.75) is 45.1 Å². The molecule has 226 valence electrons. The fourth-order valence-electron chi connectivity index (χ4n) is 6.06. The molecule has 7 nitrogen and oxygen atoms in total. The largest absolute Gasteiger partial charge is 0.368 e. The summed E-state index contributed by atoms with van der Waals surface area (Å²) in [7, 11) is 0. The Kier molecular flexibility index (Phi) is 8.93. The first-order chi connectivity index (χ1) is 21.0. The second-order valence-electron chi connectivity index (χ2n) is 12.2. The highest BCUT2D eigenvalue weighted by Crippen LogP contribution is 2.36. The number of nitrogens with two attached hydrogens (primary N) is 1. The van der Waals surface area contributed by atoms with E-state index < -0.39 is 0 Å². The number of halogens is 1. The van der Waals surface area contributed by atoms with E-state index in [2.05, 4.69) is 51.5 Å². The molecule has 3 aromatic rings. The van der Waals surface area contributed by atoms with Gasteiger partial charge in [0.1, 0.15) is 5.82 Å². The Hall–Kier alpha value is -3.91. The van der Waals surface area contributed by atoms with Crippen molar-refractivity contribution < 1.29 is 14.0 Å². The summed E-state index contributed by atoms with van der Waals surface area (Å²) in [4.78, 5) is 32.6. The molecule has 3 N–H and O–H groups in total. The molecule has 0 aromatic heterocycles. The van der Waals surface area contributed by atoms with Crippen LogP contribution in [0.2, 0.25) is 0 Å². The van der Waals surface area contributed by atoms with E-state index in [-0.39, 0.29) is 29.5 Å². The molecule has 1 saturated heterocycles. The maximum atomic E-state index is 13.4. The zero-order chi connectivity index (χ0) is 29.8. The topological polar surface area (TPSA) is 81.9 Å². The number of hydrogen-bond acceptors (Lipinski definition) is 5. The molecule has 3 aromatic carbocycles. The van der Waals surface area contributed by atoms with E-state index in [1.165, 1.54) is 12.1 Å². The molecule has 2 aliphatic carbocycles. The number of carbonyl (C=O) groups is 2. The van der Waals surface area contributed by atoms with Gasteiger partial charge in [-0.25, -0.2) is 4.39 Å². The van der Waals surface area contributed by atoms with Crippen molar-refractivity contribution in [3.63, 3.8) is 0 Å². The van der Waals surface area contributed by atoms with Gasteiger partial charge in [0.05, 0.1) is 11.4 Å². The third-order valence-electron chi connectivity index (χ3n) is 9.05. The third-order valence-corrected chi connectivity index (χ3v) is 9.05. The van der Waals surface area contributed by atoms with Gasteiger partial charge in [-0.1, -0.05) is 30.7 Å². The fraction of sp³-hybridized carbons (Fsp3) is 0.429. The summed E-state index contributed by atoms with van der Waals surface area (Å²) in [6.07, 6.45) is 5.76. The second kappa shape index (κ2) is 13.2. The lowest BCUT2D eigenvalue weighted by Gasteiger charge is -2.38. The molecule has 2 amide bonds. The number of piperazine rings is 1. The predicted octanol–water partition coefficient (Wildman–Crippen LogP) is 5.65. The molecule has 2 saturated carbocycles. The fourth-order valence-corrected chi connectivity index (χ4v) is 6.06. The van der Waals surface area contributed by atoms with Gasteiger partial charge in [0.25, 0.3) is 0 Å². The summed E-state index contributed by atoms with van der Waals surface area (Å²) >= 11 is 0. The van der Waals surface area contributed by atoms with Crippen LogP contribution in [0.4, 0.5) is 21.5 Å². The first-order valence-electron chi connectivity index (χ1n) is 15.8. The number of nitrogens with zero attached hydrogens (tertiary/aromatic N) is 3. The smallest absolute Gasteiger partial charge is 0.227 e. The van der Waals surface area contributed by atoms with Crippen molar-refractivity contribution in [3.05, 3.63) is 78.1 Å². The van der Waals surface area contributed by atoms with Gasteiger partial charge < -0.3 is 25.8 Å².